The molecule has 0 aliphatic carbocycles. The molecule has 1 aliphatic rings. The number of ether oxygens (including phenoxy) is 1. The molecule has 1 saturated heterocycles. The van der Waals surface area contributed by atoms with Crippen LogP contribution in [0, 0.1) is 11.6 Å². The molecular weight excluding hydrogens is 464 g/mol. The van der Waals surface area contributed by atoms with Crippen molar-refractivity contribution in [3.63, 3.8) is 0 Å². The summed E-state index contributed by atoms with van der Waals surface area (Å²) in [5, 5.41) is 3.51. The van der Waals surface area contributed by atoms with Crippen molar-refractivity contribution in [2.24, 2.45) is 0 Å². The molecule has 2 amide bonds. The number of likely N-dealkylation sites (tertiary alicyclic amines) is 1. The van der Waals surface area contributed by atoms with Gasteiger partial charge in [-0.25, -0.2) is 13.6 Å². The molecule has 0 bridgehead atoms. The van der Waals surface area contributed by atoms with Crippen LogP contribution >= 0.6 is 0 Å². The average Bonchev–Trinajstić information content (AvgIpc) is 3.18. The Labute approximate surface area is 210 Å². The molecule has 1 aliphatic heterocycles. The smallest absolute Gasteiger partial charge is 0.407 e. The summed E-state index contributed by atoms with van der Waals surface area (Å²) in [7, 11) is 0. The van der Waals surface area contributed by atoms with Crippen LogP contribution in [-0.2, 0) is 16.0 Å². The monoisotopic (exact) mass is 497 g/mol. The maximum atomic E-state index is 14.1. The Morgan fingerprint density at radius 1 is 1.08 bits per heavy atom. The van der Waals surface area contributed by atoms with Crippen LogP contribution in [0.4, 0.5) is 13.6 Å². The summed E-state index contributed by atoms with van der Waals surface area (Å²) in [5.74, 6) is -0.709. The number of aryl methyl sites for hydroxylation is 1. The lowest BCUT2D eigenvalue weighted by Crippen LogP contribution is -2.50. The van der Waals surface area contributed by atoms with E-state index in [1.54, 1.807) is 39.0 Å². The Bertz CT molecular complexity index is 1230. The van der Waals surface area contributed by atoms with Crippen LogP contribution in [0.5, 0.6) is 0 Å². The van der Waals surface area contributed by atoms with E-state index in [1.165, 1.54) is 24.3 Å². The van der Waals surface area contributed by atoms with Crippen molar-refractivity contribution >= 4 is 22.9 Å². The fourth-order valence-electron chi connectivity index (χ4n) is 4.77. The number of fused-ring (bicyclic) bond motifs is 1. The van der Waals surface area contributed by atoms with Crippen molar-refractivity contribution in [3.8, 4) is 11.3 Å². The van der Waals surface area contributed by atoms with Crippen LogP contribution in [0.25, 0.3) is 22.2 Å². The minimum absolute atomic E-state index is 0.0125. The van der Waals surface area contributed by atoms with Crippen molar-refractivity contribution in [2.45, 2.75) is 64.5 Å². The molecule has 192 valence electrons. The lowest BCUT2D eigenvalue weighted by atomic mass is 9.98. The van der Waals surface area contributed by atoms with Gasteiger partial charge >= 0.3 is 6.09 Å². The molecule has 1 fully saturated rings. The van der Waals surface area contributed by atoms with E-state index in [-0.39, 0.29) is 30.0 Å². The zero-order chi connectivity index (χ0) is 25.9. The molecule has 4 rings (SSSR count). The van der Waals surface area contributed by atoms with Crippen molar-refractivity contribution < 1.29 is 23.1 Å². The molecule has 2 aromatic carbocycles. The topological polar surface area (TPSA) is 74.4 Å². The maximum absolute atomic E-state index is 14.1. The lowest BCUT2D eigenvalue weighted by molar-refractivity contribution is -0.134. The second-order valence-corrected chi connectivity index (χ2v) is 10.3. The number of rotatable bonds is 6. The number of H-pyrrole nitrogens is 1. The minimum atomic E-state index is -0.590. The number of nitrogens with one attached hydrogen (secondary N) is 2. The number of nitrogens with zero attached hydrogens (tertiary/aromatic N) is 1. The van der Waals surface area contributed by atoms with Gasteiger partial charge in [0.25, 0.3) is 0 Å². The fraction of sp³-hybridized carbons (Fsp3) is 0.429. The highest BCUT2D eigenvalue weighted by molar-refractivity contribution is 5.91. The number of piperidine rings is 1. The van der Waals surface area contributed by atoms with E-state index < -0.39 is 11.7 Å². The predicted molar refractivity (Wildman–Crippen MR) is 136 cm³/mol. The van der Waals surface area contributed by atoms with Crippen molar-refractivity contribution in [3.05, 3.63) is 59.7 Å². The molecule has 0 spiro atoms. The summed E-state index contributed by atoms with van der Waals surface area (Å²) in [6.45, 7) is 6.38. The van der Waals surface area contributed by atoms with Crippen molar-refractivity contribution in [1.82, 2.24) is 15.2 Å². The van der Waals surface area contributed by atoms with Gasteiger partial charge in [-0.1, -0.05) is 0 Å². The number of aromatic amines is 1. The quantitative estimate of drug-likeness (QED) is 0.442. The standard InChI is InChI=1S/C28H33F2N3O3/c1-28(2,3)36-27(35)31-17-21-6-4-5-15-33(21)25(34)14-12-22-23-16-20(30)11-13-24(23)32-26(22)18-7-9-19(29)10-8-18/h7-11,13,16,21,32H,4-6,12,14-15,17H2,1-3H3,(H,31,35). The molecule has 8 heteroatoms. The molecular formula is C28H33F2N3O3. The van der Waals surface area contributed by atoms with Gasteiger partial charge in [0, 0.05) is 42.1 Å². The molecule has 1 unspecified atom stereocenters. The SMILES string of the molecule is CC(C)(C)OC(=O)NCC1CCCCN1C(=O)CCc1c(-c2ccc(F)cc2)[nH]c2ccc(F)cc12. The van der Waals surface area contributed by atoms with E-state index in [2.05, 4.69) is 10.3 Å². The van der Waals surface area contributed by atoms with E-state index in [9.17, 15) is 18.4 Å². The van der Waals surface area contributed by atoms with Crippen LogP contribution in [0.1, 0.15) is 52.0 Å². The number of amides is 2. The number of hydrogen-bond donors (Lipinski definition) is 2. The third-order valence-corrected chi connectivity index (χ3v) is 6.42. The summed E-state index contributed by atoms with van der Waals surface area (Å²) in [5.41, 5.74) is 2.52. The number of aromatic nitrogens is 1. The molecule has 1 atom stereocenters. The van der Waals surface area contributed by atoms with Crippen molar-refractivity contribution in [2.75, 3.05) is 13.1 Å². The number of benzene rings is 2. The van der Waals surface area contributed by atoms with Gasteiger partial charge < -0.3 is 19.9 Å². The molecule has 0 radical (unpaired) electrons. The zero-order valence-electron chi connectivity index (χ0n) is 21.0. The first kappa shape index (κ1) is 25.7. The van der Waals surface area contributed by atoms with Gasteiger partial charge in [0.2, 0.25) is 5.91 Å². The van der Waals surface area contributed by atoms with Crippen LogP contribution in [0.3, 0.4) is 0 Å². The van der Waals surface area contributed by atoms with E-state index in [0.29, 0.717) is 24.9 Å². The van der Waals surface area contributed by atoms with Gasteiger partial charge in [0.15, 0.2) is 0 Å². The molecule has 2 heterocycles. The van der Waals surface area contributed by atoms with Gasteiger partial charge in [-0.15, -0.1) is 0 Å². The molecule has 36 heavy (non-hydrogen) atoms. The van der Waals surface area contributed by atoms with Crippen molar-refractivity contribution in [1.29, 1.82) is 0 Å². The van der Waals surface area contributed by atoms with E-state index in [1.807, 2.05) is 4.90 Å². The Kier molecular flexibility index (Phi) is 7.62. The average molecular weight is 498 g/mol. The molecule has 3 aromatic rings. The number of carbonyl (C=O) groups is 2. The summed E-state index contributed by atoms with van der Waals surface area (Å²) in [6.07, 6.45) is 2.85. The highest BCUT2D eigenvalue weighted by Gasteiger charge is 2.28. The molecule has 6 nitrogen and oxygen atoms in total. The summed E-state index contributed by atoms with van der Waals surface area (Å²) in [6, 6.07) is 10.5. The van der Waals surface area contributed by atoms with Crippen LogP contribution < -0.4 is 5.32 Å². The second-order valence-electron chi connectivity index (χ2n) is 10.3. The van der Waals surface area contributed by atoms with Crippen LogP contribution in [0.15, 0.2) is 42.5 Å². The zero-order valence-corrected chi connectivity index (χ0v) is 21.0. The first-order valence-corrected chi connectivity index (χ1v) is 12.4. The third kappa shape index (κ3) is 6.22. The van der Waals surface area contributed by atoms with Gasteiger partial charge in [0.1, 0.15) is 17.2 Å². The Morgan fingerprint density at radius 3 is 2.53 bits per heavy atom. The maximum Gasteiger partial charge on any atom is 0.407 e. The molecule has 1 aromatic heterocycles. The Balaban J connectivity index is 1.50. The summed E-state index contributed by atoms with van der Waals surface area (Å²) < 4.78 is 32.9. The number of hydrogen-bond acceptors (Lipinski definition) is 3. The number of halogens is 2. The third-order valence-electron chi connectivity index (χ3n) is 6.42. The van der Waals surface area contributed by atoms with E-state index >= 15 is 0 Å². The first-order chi connectivity index (χ1) is 17.1. The Hall–Kier alpha value is -3.42. The fourth-order valence-corrected chi connectivity index (χ4v) is 4.77. The van der Waals surface area contributed by atoms with E-state index in [4.69, 9.17) is 4.74 Å². The molecule has 2 N–H and O–H groups in total. The van der Waals surface area contributed by atoms with Gasteiger partial charge in [-0.3, -0.25) is 4.79 Å². The number of carbonyl (C=O) groups excluding carboxylic acids is 2. The first-order valence-electron chi connectivity index (χ1n) is 12.4. The summed E-state index contributed by atoms with van der Waals surface area (Å²) in [4.78, 5) is 30.6. The Morgan fingerprint density at radius 2 is 1.81 bits per heavy atom. The summed E-state index contributed by atoms with van der Waals surface area (Å²) >= 11 is 0. The second kappa shape index (κ2) is 10.7. The normalized spacial score (nSPS) is 16.2. The lowest BCUT2D eigenvalue weighted by Gasteiger charge is -2.36. The van der Waals surface area contributed by atoms with Gasteiger partial charge in [0.05, 0.1) is 0 Å². The highest BCUT2D eigenvalue weighted by Crippen LogP contribution is 2.32. The number of alkyl carbamates (subject to hydrolysis) is 1. The van der Waals surface area contributed by atoms with E-state index in [0.717, 1.165) is 41.6 Å². The predicted octanol–water partition coefficient (Wildman–Crippen LogP) is 5.95. The van der Waals surface area contributed by atoms with Gasteiger partial charge in [-0.05, 0) is 100 Å². The van der Waals surface area contributed by atoms with Gasteiger partial charge in [-0.2, -0.15) is 0 Å². The highest BCUT2D eigenvalue weighted by atomic mass is 19.1. The molecule has 0 saturated carbocycles. The largest absolute Gasteiger partial charge is 0.444 e. The van der Waals surface area contributed by atoms with Crippen LogP contribution in [-0.4, -0.2) is 46.6 Å². The minimum Gasteiger partial charge on any atom is -0.444 e. The van der Waals surface area contributed by atoms with Crippen LogP contribution in [0.2, 0.25) is 0 Å².